The zero-order valence-electron chi connectivity index (χ0n) is 23.6. The number of rotatable bonds is 8. The van der Waals surface area contributed by atoms with Crippen molar-refractivity contribution in [1.29, 1.82) is 0 Å². The number of carbonyl (C=O) groups is 2. The maximum absolute atomic E-state index is 13.7. The largest absolute Gasteiger partial charge is 0.488 e. The molecular weight excluding hydrogens is 550 g/mol. The number of ether oxygens (including phenoxy) is 1. The molecule has 3 atom stereocenters. The Bertz CT molecular complexity index is 1490. The standard InChI is InChI=1S/C28H35N5O7S/c1-17-14-33(18(2)16-34)27(35)23-13-21(29-28(36)30-26-19(3)31-40-20(26)4)11-12-24(23)39-25(17)15-32(5)41(37,38)22-9-7-6-8-10-22/h6-13,17-18,25,34H,14-16H2,1-5H3,(H2,29,30,36)/t17-,18+,25-/m1/s1. The summed E-state index contributed by atoms with van der Waals surface area (Å²) in [7, 11) is -2.30. The first-order chi connectivity index (χ1) is 19.4. The van der Waals surface area contributed by atoms with Gasteiger partial charge in [0.15, 0.2) is 5.76 Å². The van der Waals surface area contributed by atoms with E-state index >= 15 is 0 Å². The Morgan fingerprint density at radius 3 is 2.54 bits per heavy atom. The summed E-state index contributed by atoms with van der Waals surface area (Å²) < 4.78 is 39.0. The second-order valence-electron chi connectivity index (χ2n) is 10.2. The van der Waals surface area contributed by atoms with E-state index in [1.807, 2.05) is 6.92 Å². The van der Waals surface area contributed by atoms with Crippen LogP contribution in [0.25, 0.3) is 0 Å². The molecule has 1 aliphatic heterocycles. The van der Waals surface area contributed by atoms with Gasteiger partial charge in [-0.05, 0) is 51.1 Å². The number of fused-ring (bicyclic) bond motifs is 1. The molecule has 0 aliphatic carbocycles. The second-order valence-corrected chi connectivity index (χ2v) is 12.3. The van der Waals surface area contributed by atoms with Crippen LogP contribution in [0, 0.1) is 19.8 Å². The van der Waals surface area contributed by atoms with Gasteiger partial charge in [-0.3, -0.25) is 4.79 Å². The van der Waals surface area contributed by atoms with Gasteiger partial charge in [0.25, 0.3) is 5.91 Å². The Morgan fingerprint density at radius 1 is 1.20 bits per heavy atom. The van der Waals surface area contributed by atoms with Crippen molar-refractivity contribution in [3.05, 3.63) is 65.5 Å². The summed E-state index contributed by atoms with van der Waals surface area (Å²) in [5.74, 6) is 0.0244. The minimum atomic E-state index is -3.79. The molecule has 1 aromatic heterocycles. The van der Waals surface area contributed by atoms with Crippen LogP contribution in [0.15, 0.2) is 57.9 Å². The first-order valence-corrected chi connectivity index (χ1v) is 14.6. The Labute approximate surface area is 239 Å². The summed E-state index contributed by atoms with van der Waals surface area (Å²) in [4.78, 5) is 28.1. The fourth-order valence-corrected chi connectivity index (χ4v) is 5.78. The molecule has 2 heterocycles. The van der Waals surface area contributed by atoms with Crippen LogP contribution in [-0.4, -0.2) is 78.7 Å². The Kier molecular flexibility index (Phi) is 9.00. The van der Waals surface area contributed by atoms with Crippen molar-refractivity contribution in [1.82, 2.24) is 14.4 Å². The molecule has 12 nitrogen and oxygen atoms in total. The first-order valence-electron chi connectivity index (χ1n) is 13.2. The molecule has 3 amide bonds. The van der Waals surface area contributed by atoms with E-state index in [9.17, 15) is 23.1 Å². The fourth-order valence-electron chi connectivity index (χ4n) is 4.58. The number of likely N-dealkylation sites (N-methyl/N-ethyl adjacent to an activating group) is 1. The lowest BCUT2D eigenvalue weighted by atomic mass is 9.99. The zero-order valence-corrected chi connectivity index (χ0v) is 24.4. The highest BCUT2D eigenvalue weighted by Crippen LogP contribution is 2.31. The summed E-state index contributed by atoms with van der Waals surface area (Å²) in [5, 5.41) is 19.1. The number of nitrogens with one attached hydrogen (secondary N) is 2. The maximum atomic E-state index is 13.7. The molecule has 0 unspecified atom stereocenters. The van der Waals surface area contributed by atoms with E-state index in [0.717, 1.165) is 0 Å². The van der Waals surface area contributed by atoms with Gasteiger partial charge in [-0.2, -0.15) is 4.31 Å². The molecule has 3 N–H and O–H groups in total. The highest BCUT2D eigenvalue weighted by molar-refractivity contribution is 7.89. The number of hydrogen-bond acceptors (Lipinski definition) is 8. The van der Waals surface area contributed by atoms with E-state index in [-0.39, 0.29) is 47.7 Å². The number of benzene rings is 2. The average molecular weight is 586 g/mol. The second kappa shape index (κ2) is 12.3. The van der Waals surface area contributed by atoms with Crippen molar-refractivity contribution < 1.29 is 32.4 Å². The molecule has 1 aliphatic rings. The lowest BCUT2D eigenvalue weighted by Gasteiger charge is -2.38. The third-order valence-electron chi connectivity index (χ3n) is 7.08. The van der Waals surface area contributed by atoms with E-state index in [1.54, 1.807) is 56.0 Å². The monoisotopic (exact) mass is 585 g/mol. The normalized spacial score (nSPS) is 18.2. The van der Waals surface area contributed by atoms with E-state index in [4.69, 9.17) is 9.26 Å². The van der Waals surface area contributed by atoms with Gasteiger partial charge in [0, 0.05) is 25.2 Å². The van der Waals surface area contributed by atoms with E-state index in [2.05, 4.69) is 15.8 Å². The van der Waals surface area contributed by atoms with Gasteiger partial charge < -0.3 is 29.9 Å². The molecule has 0 saturated carbocycles. The SMILES string of the molecule is Cc1noc(C)c1NC(=O)Nc1ccc2c(c1)C(=O)N([C@@H](C)CO)C[C@@H](C)[C@@H](CN(C)S(=O)(=O)c1ccccc1)O2. The average Bonchev–Trinajstić information content (AvgIpc) is 3.27. The Morgan fingerprint density at radius 2 is 1.90 bits per heavy atom. The third-order valence-corrected chi connectivity index (χ3v) is 8.92. The highest BCUT2D eigenvalue weighted by Gasteiger charge is 2.35. The molecular formula is C28H35N5O7S. The van der Waals surface area contributed by atoms with Crippen molar-refractivity contribution in [2.75, 3.05) is 37.4 Å². The fraction of sp³-hybridized carbons (Fsp3) is 0.393. The molecule has 2 aromatic carbocycles. The number of hydrogen-bond donors (Lipinski definition) is 3. The Balaban J connectivity index is 1.62. The van der Waals surface area contributed by atoms with Gasteiger partial charge >= 0.3 is 6.03 Å². The number of nitrogens with zero attached hydrogens (tertiary/aromatic N) is 3. The molecule has 0 saturated heterocycles. The van der Waals surface area contributed by atoms with Crippen LogP contribution in [0.5, 0.6) is 5.75 Å². The van der Waals surface area contributed by atoms with Gasteiger partial charge in [0.2, 0.25) is 10.0 Å². The number of carbonyl (C=O) groups excluding carboxylic acids is 2. The molecule has 0 spiro atoms. The van der Waals surface area contributed by atoms with Crippen molar-refractivity contribution in [2.45, 2.75) is 44.7 Å². The van der Waals surface area contributed by atoms with Crippen LogP contribution in [0.4, 0.5) is 16.2 Å². The highest BCUT2D eigenvalue weighted by atomic mass is 32.2. The third kappa shape index (κ3) is 6.53. The van der Waals surface area contributed by atoms with Crippen LogP contribution in [0.3, 0.4) is 0 Å². The molecule has 41 heavy (non-hydrogen) atoms. The predicted octanol–water partition coefficient (Wildman–Crippen LogP) is 3.48. The number of anilines is 2. The minimum Gasteiger partial charge on any atom is -0.488 e. The van der Waals surface area contributed by atoms with Crippen molar-refractivity contribution in [2.24, 2.45) is 5.92 Å². The lowest BCUT2D eigenvalue weighted by molar-refractivity contribution is 0.0387. The van der Waals surface area contributed by atoms with Gasteiger partial charge in [0.05, 0.1) is 29.7 Å². The summed E-state index contributed by atoms with van der Waals surface area (Å²) in [6, 6.07) is 11.7. The molecule has 220 valence electrons. The van der Waals surface area contributed by atoms with E-state index < -0.39 is 28.2 Å². The summed E-state index contributed by atoms with van der Waals surface area (Å²) in [6.45, 7) is 6.95. The van der Waals surface area contributed by atoms with Crippen molar-refractivity contribution >= 4 is 33.3 Å². The number of aliphatic hydroxyl groups excluding tert-OH is 1. The van der Waals surface area contributed by atoms with Crippen LogP contribution in [0.1, 0.15) is 35.7 Å². The van der Waals surface area contributed by atoms with Gasteiger partial charge in [0.1, 0.15) is 23.2 Å². The number of aliphatic hydroxyl groups is 1. The van der Waals surface area contributed by atoms with Gasteiger partial charge in [-0.15, -0.1) is 0 Å². The van der Waals surface area contributed by atoms with Crippen LogP contribution in [0.2, 0.25) is 0 Å². The number of urea groups is 1. The smallest absolute Gasteiger partial charge is 0.323 e. The predicted molar refractivity (Wildman–Crippen MR) is 152 cm³/mol. The number of aryl methyl sites for hydroxylation is 2. The van der Waals surface area contributed by atoms with Gasteiger partial charge in [-0.25, -0.2) is 13.2 Å². The molecule has 0 radical (unpaired) electrons. The Hall–Kier alpha value is -3.94. The number of sulfonamides is 1. The van der Waals surface area contributed by atoms with Crippen molar-refractivity contribution in [3.8, 4) is 5.75 Å². The van der Waals surface area contributed by atoms with Crippen molar-refractivity contribution in [3.63, 3.8) is 0 Å². The van der Waals surface area contributed by atoms with Crippen LogP contribution < -0.4 is 15.4 Å². The quantitative estimate of drug-likeness (QED) is 0.363. The first kappa shape index (κ1) is 30.0. The summed E-state index contributed by atoms with van der Waals surface area (Å²) in [5.41, 5.74) is 1.47. The summed E-state index contributed by atoms with van der Waals surface area (Å²) in [6.07, 6.45) is -0.625. The van der Waals surface area contributed by atoms with Gasteiger partial charge in [-0.1, -0.05) is 30.3 Å². The minimum absolute atomic E-state index is 0.0210. The zero-order chi connectivity index (χ0) is 29.9. The topological polar surface area (TPSA) is 154 Å². The van der Waals surface area contributed by atoms with E-state index in [1.165, 1.54) is 29.6 Å². The lowest BCUT2D eigenvalue weighted by Crippen LogP contribution is -2.50. The molecule has 0 bridgehead atoms. The molecule has 3 aromatic rings. The maximum Gasteiger partial charge on any atom is 0.323 e. The summed E-state index contributed by atoms with van der Waals surface area (Å²) >= 11 is 0. The number of amides is 3. The number of aromatic nitrogens is 1. The van der Waals surface area contributed by atoms with Crippen LogP contribution >= 0.6 is 0 Å². The molecule has 13 heteroatoms. The molecule has 0 fully saturated rings. The molecule has 4 rings (SSSR count). The van der Waals surface area contributed by atoms with Crippen LogP contribution in [-0.2, 0) is 10.0 Å². The van der Waals surface area contributed by atoms with E-state index in [0.29, 0.717) is 22.8 Å².